The van der Waals surface area contributed by atoms with Crippen molar-refractivity contribution >= 4 is 0 Å². The number of aryl methyl sites for hydroxylation is 1. The molecular formula is C13H23N3O. The highest BCUT2D eigenvalue weighted by molar-refractivity contribution is 5.09. The predicted octanol–water partition coefficient (Wildman–Crippen LogP) is 0.920. The van der Waals surface area contributed by atoms with Crippen LogP contribution in [0.4, 0.5) is 0 Å². The van der Waals surface area contributed by atoms with Crippen molar-refractivity contribution < 1.29 is 5.11 Å². The molecule has 2 atom stereocenters. The fourth-order valence-corrected chi connectivity index (χ4v) is 1.93. The molecule has 0 spiro atoms. The minimum Gasteiger partial charge on any atom is -0.395 e. The maximum Gasteiger partial charge on any atom is 0.0601 e. The number of nitrogens with two attached hydrogens (primary N) is 1. The van der Waals surface area contributed by atoms with Crippen LogP contribution in [-0.2, 0) is 6.54 Å². The van der Waals surface area contributed by atoms with Crippen LogP contribution in [-0.4, -0.2) is 40.7 Å². The first kappa shape index (κ1) is 14.1. The van der Waals surface area contributed by atoms with Gasteiger partial charge in [-0.1, -0.05) is 13.0 Å². The molecule has 1 aromatic rings. The van der Waals surface area contributed by atoms with Gasteiger partial charge >= 0.3 is 0 Å². The minimum atomic E-state index is -0.0117. The topological polar surface area (TPSA) is 62.4 Å². The molecule has 0 aromatic carbocycles. The van der Waals surface area contributed by atoms with E-state index in [1.165, 1.54) is 0 Å². The van der Waals surface area contributed by atoms with E-state index >= 15 is 0 Å². The molecule has 4 nitrogen and oxygen atoms in total. The molecule has 0 aliphatic heterocycles. The van der Waals surface area contributed by atoms with Crippen molar-refractivity contribution in [2.24, 2.45) is 5.73 Å². The molecule has 0 aliphatic carbocycles. The SMILES string of the molecule is CCC(N)C(CO)N(C)Cc1cccc(C)n1. The first-order valence-electron chi connectivity index (χ1n) is 6.07. The van der Waals surface area contributed by atoms with E-state index in [1.807, 2.05) is 39.1 Å². The second-order valence-electron chi connectivity index (χ2n) is 4.51. The Hall–Kier alpha value is -0.970. The summed E-state index contributed by atoms with van der Waals surface area (Å²) in [6.07, 6.45) is 0.858. The van der Waals surface area contributed by atoms with Gasteiger partial charge in [0.1, 0.15) is 0 Å². The molecule has 0 aliphatic rings. The zero-order valence-electron chi connectivity index (χ0n) is 10.9. The number of pyridine rings is 1. The van der Waals surface area contributed by atoms with Crippen LogP contribution in [0, 0.1) is 6.92 Å². The summed E-state index contributed by atoms with van der Waals surface area (Å²) in [6.45, 7) is 4.80. The largest absolute Gasteiger partial charge is 0.395 e. The summed E-state index contributed by atoms with van der Waals surface area (Å²) in [5.41, 5.74) is 8.01. The van der Waals surface area contributed by atoms with Gasteiger partial charge in [0.15, 0.2) is 0 Å². The number of hydrogen-bond donors (Lipinski definition) is 2. The van der Waals surface area contributed by atoms with Crippen molar-refractivity contribution in [3.63, 3.8) is 0 Å². The molecule has 3 N–H and O–H groups in total. The van der Waals surface area contributed by atoms with E-state index in [0.717, 1.165) is 17.8 Å². The molecule has 0 saturated carbocycles. The highest BCUT2D eigenvalue weighted by Gasteiger charge is 2.20. The van der Waals surface area contributed by atoms with Crippen LogP contribution in [0.2, 0.25) is 0 Å². The Bertz CT molecular complexity index is 343. The fraction of sp³-hybridized carbons (Fsp3) is 0.615. The van der Waals surface area contributed by atoms with E-state index < -0.39 is 0 Å². The van der Waals surface area contributed by atoms with E-state index in [0.29, 0.717) is 6.54 Å². The molecule has 4 heteroatoms. The Morgan fingerprint density at radius 1 is 1.47 bits per heavy atom. The van der Waals surface area contributed by atoms with Crippen LogP contribution in [0.1, 0.15) is 24.7 Å². The highest BCUT2D eigenvalue weighted by Crippen LogP contribution is 2.08. The van der Waals surface area contributed by atoms with Gasteiger partial charge in [-0.2, -0.15) is 0 Å². The van der Waals surface area contributed by atoms with Crippen LogP contribution < -0.4 is 5.73 Å². The molecule has 0 saturated heterocycles. The zero-order chi connectivity index (χ0) is 12.8. The molecule has 0 radical (unpaired) electrons. The van der Waals surface area contributed by atoms with Crippen molar-refractivity contribution in [1.29, 1.82) is 0 Å². The summed E-state index contributed by atoms with van der Waals surface area (Å²) >= 11 is 0. The molecule has 17 heavy (non-hydrogen) atoms. The van der Waals surface area contributed by atoms with Gasteiger partial charge in [0.05, 0.1) is 12.3 Å². The number of likely N-dealkylation sites (N-methyl/N-ethyl adjacent to an activating group) is 1. The van der Waals surface area contributed by atoms with Gasteiger partial charge in [-0.15, -0.1) is 0 Å². The van der Waals surface area contributed by atoms with Gasteiger partial charge < -0.3 is 10.8 Å². The quantitative estimate of drug-likeness (QED) is 0.772. The average molecular weight is 237 g/mol. The van der Waals surface area contributed by atoms with Crippen molar-refractivity contribution in [3.8, 4) is 0 Å². The third kappa shape index (κ3) is 4.07. The first-order valence-corrected chi connectivity index (χ1v) is 6.07. The number of aliphatic hydroxyl groups excluding tert-OH is 1. The van der Waals surface area contributed by atoms with Gasteiger partial charge in [0.2, 0.25) is 0 Å². The van der Waals surface area contributed by atoms with Crippen LogP contribution in [0.3, 0.4) is 0 Å². The summed E-state index contributed by atoms with van der Waals surface area (Å²) in [5, 5.41) is 9.39. The normalized spacial score (nSPS) is 14.9. The molecule has 1 rings (SSSR count). The molecule has 96 valence electrons. The van der Waals surface area contributed by atoms with Crippen LogP contribution in [0.5, 0.6) is 0 Å². The average Bonchev–Trinajstić information content (AvgIpc) is 2.29. The third-order valence-electron chi connectivity index (χ3n) is 3.08. The van der Waals surface area contributed by atoms with Gasteiger partial charge in [-0.05, 0) is 32.5 Å². The van der Waals surface area contributed by atoms with Crippen LogP contribution in [0.25, 0.3) is 0 Å². The zero-order valence-corrected chi connectivity index (χ0v) is 10.9. The van der Waals surface area contributed by atoms with Crippen molar-refractivity contribution in [2.75, 3.05) is 13.7 Å². The third-order valence-corrected chi connectivity index (χ3v) is 3.08. The van der Waals surface area contributed by atoms with E-state index in [1.54, 1.807) is 0 Å². The van der Waals surface area contributed by atoms with E-state index in [-0.39, 0.29) is 18.7 Å². The monoisotopic (exact) mass is 237 g/mol. The van der Waals surface area contributed by atoms with Gasteiger partial charge in [-0.25, -0.2) is 0 Å². The Balaban J connectivity index is 2.66. The number of hydrogen-bond acceptors (Lipinski definition) is 4. The lowest BCUT2D eigenvalue weighted by atomic mass is 10.1. The number of aromatic nitrogens is 1. The van der Waals surface area contributed by atoms with Crippen molar-refractivity contribution in [2.45, 2.75) is 38.9 Å². The Kier molecular flexibility index (Phi) is 5.55. The number of aliphatic hydroxyl groups is 1. The van der Waals surface area contributed by atoms with Crippen molar-refractivity contribution in [1.82, 2.24) is 9.88 Å². The Morgan fingerprint density at radius 3 is 2.71 bits per heavy atom. The Labute approximate surface area is 103 Å². The Morgan fingerprint density at radius 2 is 2.18 bits per heavy atom. The number of rotatable bonds is 6. The van der Waals surface area contributed by atoms with E-state index in [4.69, 9.17) is 5.73 Å². The van der Waals surface area contributed by atoms with Gasteiger partial charge in [0, 0.05) is 24.3 Å². The second-order valence-corrected chi connectivity index (χ2v) is 4.51. The molecular weight excluding hydrogens is 214 g/mol. The summed E-state index contributed by atoms with van der Waals surface area (Å²) in [4.78, 5) is 6.52. The summed E-state index contributed by atoms with van der Waals surface area (Å²) in [5.74, 6) is 0. The predicted molar refractivity (Wildman–Crippen MR) is 69.6 cm³/mol. The molecule has 2 unspecified atom stereocenters. The highest BCUT2D eigenvalue weighted by atomic mass is 16.3. The lowest BCUT2D eigenvalue weighted by molar-refractivity contribution is 0.119. The second kappa shape index (κ2) is 6.69. The molecule has 0 bridgehead atoms. The minimum absolute atomic E-state index is 0.00481. The van der Waals surface area contributed by atoms with Crippen LogP contribution >= 0.6 is 0 Å². The van der Waals surface area contributed by atoms with E-state index in [2.05, 4.69) is 9.88 Å². The maximum atomic E-state index is 9.39. The smallest absolute Gasteiger partial charge is 0.0601 e. The molecule has 1 aromatic heterocycles. The molecule has 1 heterocycles. The summed E-state index contributed by atoms with van der Waals surface area (Å²) < 4.78 is 0. The standard InChI is InChI=1S/C13H23N3O/c1-4-12(14)13(9-17)16(3)8-11-7-5-6-10(2)15-11/h5-7,12-13,17H,4,8-9,14H2,1-3H3. The lowest BCUT2D eigenvalue weighted by Crippen LogP contribution is -2.47. The van der Waals surface area contributed by atoms with Crippen molar-refractivity contribution in [3.05, 3.63) is 29.6 Å². The maximum absolute atomic E-state index is 9.39. The fourth-order valence-electron chi connectivity index (χ4n) is 1.93. The lowest BCUT2D eigenvalue weighted by Gasteiger charge is -2.30. The number of nitrogens with zero attached hydrogens (tertiary/aromatic N) is 2. The molecule has 0 amide bonds. The van der Waals surface area contributed by atoms with Gasteiger partial charge in [-0.3, -0.25) is 9.88 Å². The molecule has 0 fully saturated rings. The van der Waals surface area contributed by atoms with Crippen LogP contribution in [0.15, 0.2) is 18.2 Å². The van der Waals surface area contributed by atoms with E-state index in [9.17, 15) is 5.11 Å². The first-order chi connectivity index (χ1) is 8.08. The summed E-state index contributed by atoms with van der Waals surface area (Å²) in [7, 11) is 1.97. The van der Waals surface area contributed by atoms with Gasteiger partial charge in [0.25, 0.3) is 0 Å². The summed E-state index contributed by atoms with van der Waals surface area (Å²) in [6, 6.07) is 5.96.